The third-order valence-electron chi connectivity index (χ3n) is 5.73. The molecular weight excluding hydrogens is 356 g/mol. The maximum absolute atomic E-state index is 12.9. The van der Waals surface area contributed by atoms with Crippen LogP contribution in [0.5, 0.6) is 0 Å². The van der Waals surface area contributed by atoms with Crippen molar-refractivity contribution in [3.05, 3.63) is 11.5 Å². The number of aryl methyl sites for hydroxylation is 2. The molecule has 9 heteroatoms. The van der Waals surface area contributed by atoms with E-state index < -0.39 is 10.0 Å². The number of hydrogen-bond donors (Lipinski definition) is 2. The standard InChI is InChI=1S/C17H28N4O4S/c1-12-15(13(2)25-20-12)26(23,24)21-9-5-14(6-10-21)16(22)19-17(11-18)7-3-4-8-17/h14H,3-11,18H2,1-2H3,(H,19,22). The molecule has 8 nitrogen and oxygen atoms in total. The van der Waals surface area contributed by atoms with Gasteiger partial charge in [-0.2, -0.15) is 4.31 Å². The van der Waals surface area contributed by atoms with Gasteiger partial charge < -0.3 is 15.6 Å². The molecule has 1 aliphatic heterocycles. The van der Waals surface area contributed by atoms with E-state index in [1.807, 2.05) is 0 Å². The molecule has 1 aliphatic carbocycles. The van der Waals surface area contributed by atoms with Crippen molar-refractivity contribution in [2.45, 2.75) is 62.8 Å². The number of carbonyl (C=O) groups excluding carboxylic acids is 1. The summed E-state index contributed by atoms with van der Waals surface area (Å²) in [5.41, 5.74) is 5.99. The van der Waals surface area contributed by atoms with Crippen LogP contribution in [-0.2, 0) is 14.8 Å². The van der Waals surface area contributed by atoms with Gasteiger partial charge in [0.15, 0.2) is 5.76 Å². The van der Waals surface area contributed by atoms with Gasteiger partial charge in [0.2, 0.25) is 15.9 Å². The molecule has 2 aliphatic rings. The molecule has 2 fully saturated rings. The fourth-order valence-corrected chi connectivity index (χ4v) is 5.89. The van der Waals surface area contributed by atoms with Crippen molar-refractivity contribution in [1.82, 2.24) is 14.8 Å². The van der Waals surface area contributed by atoms with Gasteiger partial charge in [-0.05, 0) is 39.5 Å². The summed E-state index contributed by atoms with van der Waals surface area (Å²) in [6, 6.07) is 0. The molecule has 1 saturated heterocycles. The second kappa shape index (κ2) is 7.28. The highest BCUT2D eigenvalue weighted by Crippen LogP contribution is 2.31. The molecule has 0 atom stereocenters. The van der Waals surface area contributed by atoms with Gasteiger partial charge in [-0.1, -0.05) is 18.0 Å². The van der Waals surface area contributed by atoms with Crippen LogP contribution in [0.25, 0.3) is 0 Å². The third-order valence-corrected chi connectivity index (χ3v) is 7.87. The smallest absolute Gasteiger partial charge is 0.248 e. The number of carbonyl (C=O) groups is 1. The second-order valence-electron chi connectivity index (χ2n) is 7.51. The summed E-state index contributed by atoms with van der Waals surface area (Å²) in [5.74, 6) is 0.135. The lowest BCUT2D eigenvalue weighted by Gasteiger charge is -2.34. The maximum Gasteiger partial charge on any atom is 0.248 e. The highest BCUT2D eigenvalue weighted by Gasteiger charge is 2.39. The van der Waals surface area contributed by atoms with Crippen LogP contribution in [0.4, 0.5) is 0 Å². The molecule has 1 aromatic rings. The zero-order valence-electron chi connectivity index (χ0n) is 15.5. The molecule has 1 amide bonds. The SMILES string of the molecule is Cc1noc(C)c1S(=O)(=O)N1CCC(C(=O)NC2(CN)CCCC2)CC1. The highest BCUT2D eigenvalue weighted by atomic mass is 32.2. The van der Waals surface area contributed by atoms with Crippen LogP contribution in [0.1, 0.15) is 50.0 Å². The van der Waals surface area contributed by atoms with E-state index in [9.17, 15) is 13.2 Å². The summed E-state index contributed by atoms with van der Waals surface area (Å²) >= 11 is 0. The van der Waals surface area contributed by atoms with Crippen LogP contribution >= 0.6 is 0 Å². The maximum atomic E-state index is 12.9. The average Bonchev–Trinajstić information content (AvgIpc) is 3.22. The van der Waals surface area contributed by atoms with Crippen molar-refractivity contribution < 1.29 is 17.7 Å². The van der Waals surface area contributed by atoms with Gasteiger partial charge in [0.05, 0.1) is 5.54 Å². The fraction of sp³-hybridized carbons (Fsp3) is 0.765. The van der Waals surface area contributed by atoms with Crippen molar-refractivity contribution in [3.63, 3.8) is 0 Å². The van der Waals surface area contributed by atoms with Crippen LogP contribution in [-0.4, -0.2) is 49.0 Å². The van der Waals surface area contributed by atoms with Gasteiger partial charge in [0.1, 0.15) is 10.6 Å². The van der Waals surface area contributed by atoms with Crippen molar-refractivity contribution in [1.29, 1.82) is 0 Å². The lowest BCUT2D eigenvalue weighted by Crippen LogP contribution is -2.54. The Bertz CT molecular complexity index is 740. The largest absolute Gasteiger partial charge is 0.360 e. The Morgan fingerprint density at radius 2 is 1.92 bits per heavy atom. The summed E-state index contributed by atoms with van der Waals surface area (Å²) in [6.45, 7) is 4.32. The van der Waals surface area contributed by atoms with Gasteiger partial charge in [0.25, 0.3) is 0 Å². The average molecular weight is 385 g/mol. The van der Waals surface area contributed by atoms with Crippen molar-refractivity contribution in [2.24, 2.45) is 11.7 Å². The number of nitrogens with zero attached hydrogens (tertiary/aromatic N) is 2. The van der Waals surface area contributed by atoms with Crippen molar-refractivity contribution in [2.75, 3.05) is 19.6 Å². The summed E-state index contributed by atoms with van der Waals surface area (Å²) in [6.07, 6.45) is 5.05. The van der Waals surface area contributed by atoms with Crippen LogP contribution in [0.3, 0.4) is 0 Å². The van der Waals surface area contributed by atoms with Gasteiger partial charge in [-0.25, -0.2) is 8.42 Å². The molecule has 1 saturated carbocycles. The van der Waals surface area contributed by atoms with E-state index in [1.54, 1.807) is 13.8 Å². The Hall–Kier alpha value is -1.45. The van der Waals surface area contributed by atoms with Gasteiger partial charge in [-0.15, -0.1) is 0 Å². The molecule has 26 heavy (non-hydrogen) atoms. The number of piperidine rings is 1. The predicted octanol–water partition coefficient (Wildman–Crippen LogP) is 1.08. The quantitative estimate of drug-likeness (QED) is 0.784. The normalized spacial score (nSPS) is 21.8. The zero-order valence-corrected chi connectivity index (χ0v) is 16.3. The van der Waals surface area contributed by atoms with E-state index in [0.29, 0.717) is 43.9 Å². The minimum Gasteiger partial charge on any atom is -0.360 e. The first-order valence-corrected chi connectivity index (χ1v) is 10.7. The molecule has 0 spiro atoms. The Morgan fingerprint density at radius 1 is 1.31 bits per heavy atom. The topological polar surface area (TPSA) is 119 Å². The van der Waals surface area contributed by atoms with E-state index in [4.69, 9.17) is 10.3 Å². The number of aromatic nitrogens is 1. The third kappa shape index (κ3) is 3.52. The molecule has 2 heterocycles. The van der Waals surface area contributed by atoms with E-state index >= 15 is 0 Å². The lowest BCUT2D eigenvalue weighted by molar-refractivity contribution is -0.128. The first kappa shape index (κ1) is 19.3. The number of amides is 1. The van der Waals surface area contributed by atoms with E-state index in [0.717, 1.165) is 25.7 Å². The van der Waals surface area contributed by atoms with Crippen LogP contribution < -0.4 is 11.1 Å². The molecule has 0 aromatic carbocycles. The summed E-state index contributed by atoms with van der Waals surface area (Å²) in [5, 5.41) is 6.89. The van der Waals surface area contributed by atoms with Crippen LogP contribution in [0.15, 0.2) is 9.42 Å². The van der Waals surface area contributed by atoms with Crippen molar-refractivity contribution >= 4 is 15.9 Å². The first-order valence-electron chi connectivity index (χ1n) is 9.24. The predicted molar refractivity (Wildman–Crippen MR) is 95.9 cm³/mol. The van der Waals surface area contributed by atoms with Crippen LogP contribution in [0.2, 0.25) is 0 Å². The second-order valence-corrected chi connectivity index (χ2v) is 9.39. The summed E-state index contributed by atoms with van der Waals surface area (Å²) < 4.78 is 32.1. The molecule has 0 bridgehead atoms. The Balaban J connectivity index is 1.63. The summed E-state index contributed by atoms with van der Waals surface area (Å²) in [4.78, 5) is 12.8. The molecule has 3 rings (SSSR count). The van der Waals surface area contributed by atoms with Gasteiger partial charge >= 0.3 is 0 Å². The highest BCUT2D eigenvalue weighted by molar-refractivity contribution is 7.89. The number of hydrogen-bond acceptors (Lipinski definition) is 6. The molecule has 146 valence electrons. The van der Waals surface area contributed by atoms with Gasteiger partial charge in [-0.3, -0.25) is 4.79 Å². The monoisotopic (exact) mass is 384 g/mol. The van der Waals surface area contributed by atoms with E-state index in [1.165, 1.54) is 4.31 Å². The summed E-state index contributed by atoms with van der Waals surface area (Å²) in [7, 11) is -3.64. The number of nitrogens with one attached hydrogen (secondary N) is 1. The molecule has 0 radical (unpaired) electrons. The van der Waals surface area contributed by atoms with Crippen molar-refractivity contribution in [3.8, 4) is 0 Å². The zero-order chi connectivity index (χ0) is 18.9. The Labute approximate surface area is 154 Å². The molecule has 0 unspecified atom stereocenters. The Morgan fingerprint density at radius 3 is 2.42 bits per heavy atom. The minimum atomic E-state index is -3.64. The fourth-order valence-electron chi connectivity index (χ4n) is 4.13. The number of nitrogens with two attached hydrogens (primary N) is 1. The molecular formula is C17H28N4O4S. The Kier molecular flexibility index (Phi) is 5.41. The van der Waals surface area contributed by atoms with Gasteiger partial charge in [0, 0.05) is 25.6 Å². The minimum absolute atomic E-state index is 0.00624. The molecule has 1 aromatic heterocycles. The number of sulfonamides is 1. The molecule has 3 N–H and O–H groups in total. The van der Waals surface area contributed by atoms with E-state index in [2.05, 4.69) is 10.5 Å². The number of rotatable bonds is 5. The van der Waals surface area contributed by atoms with Crippen LogP contribution in [0, 0.1) is 19.8 Å². The lowest BCUT2D eigenvalue weighted by atomic mass is 9.93. The first-order chi connectivity index (χ1) is 12.3. The van der Waals surface area contributed by atoms with E-state index in [-0.39, 0.29) is 22.3 Å².